The second-order valence-electron chi connectivity index (χ2n) is 4.77. The van der Waals surface area contributed by atoms with Gasteiger partial charge in [-0.05, 0) is 30.4 Å². The molecule has 0 amide bonds. The molecule has 0 aliphatic heterocycles. The Labute approximate surface area is 104 Å². The summed E-state index contributed by atoms with van der Waals surface area (Å²) in [6.07, 6.45) is 3.08. The zero-order valence-corrected chi connectivity index (χ0v) is 9.87. The molecule has 1 aromatic rings. The first kappa shape index (κ1) is 13.3. The molecule has 1 aliphatic carbocycles. The number of hydrogen-bond donors (Lipinski definition) is 2. The van der Waals surface area contributed by atoms with E-state index in [0.29, 0.717) is 18.4 Å². The molecule has 100 valence electrons. The maximum Gasteiger partial charge on any atom is 0.248 e. The molecule has 6 heteroatoms. The van der Waals surface area contributed by atoms with Crippen LogP contribution in [0, 0.1) is 11.7 Å². The number of hydrazine groups is 1. The Balaban J connectivity index is 2.10. The Morgan fingerprint density at radius 1 is 1.33 bits per heavy atom. The SMILES string of the molecule is NNC(c1cncc(F)c1)C1CCC(F)(F)CC1. The quantitative estimate of drug-likeness (QED) is 0.648. The fourth-order valence-electron chi connectivity index (χ4n) is 2.50. The number of nitrogens with zero attached hydrogens (tertiary/aromatic N) is 1. The lowest BCUT2D eigenvalue weighted by atomic mass is 9.80. The monoisotopic (exact) mass is 259 g/mol. The van der Waals surface area contributed by atoms with Crippen molar-refractivity contribution < 1.29 is 13.2 Å². The molecule has 1 saturated carbocycles. The van der Waals surface area contributed by atoms with E-state index in [9.17, 15) is 13.2 Å². The molecular weight excluding hydrogens is 243 g/mol. The van der Waals surface area contributed by atoms with E-state index >= 15 is 0 Å². The molecule has 0 aromatic carbocycles. The fraction of sp³-hybridized carbons (Fsp3) is 0.583. The number of halogens is 3. The molecule has 1 aromatic heterocycles. The number of rotatable bonds is 3. The number of pyridine rings is 1. The molecule has 3 nitrogen and oxygen atoms in total. The summed E-state index contributed by atoms with van der Waals surface area (Å²) in [5.41, 5.74) is 3.20. The van der Waals surface area contributed by atoms with Gasteiger partial charge in [0.05, 0.1) is 12.2 Å². The van der Waals surface area contributed by atoms with Crippen molar-refractivity contribution in [2.45, 2.75) is 37.6 Å². The van der Waals surface area contributed by atoms with Gasteiger partial charge >= 0.3 is 0 Å². The number of nitrogens with two attached hydrogens (primary N) is 1. The predicted molar refractivity (Wildman–Crippen MR) is 61.2 cm³/mol. The zero-order valence-electron chi connectivity index (χ0n) is 9.87. The van der Waals surface area contributed by atoms with Crippen LogP contribution in [0.25, 0.3) is 0 Å². The van der Waals surface area contributed by atoms with E-state index in [1.54, 1.807) is 0 Å². The molecule has 3 N–H and O–H groups in total. The fourth-order valence-corrected chi connectivity index (χ4v) is 2.50. The molecule has 0 spiro atoms. The normalized spacial score (nSPS) is 21.8. The largest absolute Gasteiger partial charge is 0.271 e. The van der Waals surface area contributed by atoms with E-state index in [4.69, 9.17) is 5.84 Å². The van der Waals surface area contributed by atoms with Crippen LogP contribution in [0.1, 0.15) is 37.3 Å². The zero-order chi connectivity index (χ0) is 13.2. The lowest BCUT2D eigenvalue weighted by Gasteiger charge is -2.33. The summed E-state index contributed by atoms with van der Waals surface area (Å²) in [7, 11) is 0. The molecule has 1 heterocycles. The van der Waals surface area contributed by atoms with Crippen molar-refractivity contribution in [3.63, 3.8) is 0 Å². The number of aromatic nitrogens is 1. The third kappa shape index (κ3) is 3.00. The number of nitrogens with one attached hydrogen (secondary N) is 1. The van der Waals surface area contributed by atoms with Crippen LogP contribution >= 0.6 is 0 Å². The van der Waals surface area contributed by atoms with Gasteiger partial charge in [-0.3, -0.25) is 16.3 Å². The first-order valence-corrected chi connectivity index (χ1v) is 5.96. The van der Waals surface area contributed by atoms with Crippen LogP contribution in [0.2, 0.25) is 0 Å². The van der Waals surface area contributed by atoms with Crippen molar-refractivity contribution in [1.82, 2.24) is 10.4 Å². The van der Waals surface area contributed by atoms with Crippen LogP contribution < -0.4 is 11.3 Å². The van der Waals surface area contributed by atoms with E-state index < -0.39 is 11.7 Å². The second-order valence-corrected chi connectivity index (χ2v) is 4.77. The molecule has 0 bridgehead atoms. The average Bonchev–Trinajstić information content (AvgIpc) is 2.32. The average molecular weight is 259 g/mol. The highest BCUT2D eigenvalue weighted by Gasteiger charge is 2.37. The predicted octanol–water partition coefficient (Wildman–Crippen LogP) is 2.55. The Morgan fingerprint density at radius 2 is 2.00 bits per heavy atom. The van der Waals surface area contributed by atoms with E-state index in [1.165, 1.54) is 12.3 Å². The molecule has 1 atom stereocenters. The van der Waals surface area contributed by atoms with E-state index in [1.807, 2.05) is 0 Å². The van der Waals surface area contributed by atoms with Crippen LogP contribution in [-0.4, -0.2) is 10.9 Å². The summed E-state index contributed by atoms with van der Waals surface area (Å²) in [5.74, 6) is 2.43. The van der Waals surface area contributed by atoms with Crippen molar-refractivity contribution in [3.05, 3.63) is 29.8 Å². The van der Waals surface area contributed by atoms with Crippen molar-refractivity contribution in [1.29, 1.82) is 0 Å². The van der Waals surface area contributed by atoms with Gasteiger partial charge in [0.1, 0.15) is 5.82 Å². The van der Waals surface area contributed by atoms with Gasteiger partial charge in [0.25, 0.3) is 0 Å². The first-order chi connectivity index (χ1) is 8.52. The van der Waals surface area contributed by atoms with Crippen LogP contribution in [0.5, 0.6) is 0 Å². The Morgan fingerprint density at radius 3 is 2.56 bits per heavy atom. The van der Waals surface area contributed by atoms with Gasteiger partial charge in [0.2, 0.25) is 5.92 Å². The number of alkyl halides is 2. The summed E-state index contributed by atoms with van der Waals surface area (Å²) in [6.45, 7) is 0. The third-order valence-corrected chi connectivity index (χ3v) is 3.50. The van der Waals surface area contributed by atoms with Crippen LogP contribution in [-0.2, 0) is 0 Å². The molecule has 0 radical (unpaired) electrons. The molecule has 2 rings (SSSR count). The summed E-state index contributed by atoms with van der Waals surface area (Å²) < 4.78 is 39.3. The minimum atomic E-state index is -2.57. The van der Waals surface area contributed by atoms with Crippen LogP contribution in [0.15, 0.2) is 18.5 Å². The maximum atomic E-state index is 13.1. The van der Waals surface area contributed by atoms with Gasteiger partial charge in [-0.25, -0.2) is 13.2 Å². The molecule has 1 unspecified atom stereocenters. The minimum absolute atomic E-state index is 0.0155. The van der Waals surface area contributed by atoms with E-state index in [2.05, 4.69) is 10.4 Å². The van der Waals surface area contributed by atoms with Crippen molar-refractivity contribution >= 4 is 0 Å². The van der Waals surface area contributed by atoms with Gasteiger partial charge in [-0.15, -0.1) is 0 Å². The Hall–Kier alpha value is -1.14. The van der Waals surface area contributed by atoms with Gasteiger partial charge in [0.15, 0.2) is 0 Å². The Kier molecular flexibility index (Phi) is 3.87. The molecule has 1 aliphatic rings. The van der Waals surface area contributed by atoms with Gasteiger partial charge in [0, 0.05) is 19.0 Å². The van der Waals surface area contributed by atoms with Gasteiger partial charge in [-0.2, -0.15) is 0 Å². The highest BCUT2D eigenvalue weighted by atomic mass is 19.3. The standard InChI is InChI=1S/C12H16F3N3/c13-10-5-9(6-17-7-10)11(18-16)8-1-3-12(14,15)4-2-8/h5-8,11,18H,1-4,16H2. The highest BCUT2D eigenvalue weighted by Crippen LogP contribution is 2.40. The topological polar surface area (TPSA) is 50.9 Å². The summed E-state index contributed by atoms with van der Waals surface area (Å²) in [5, 5.41) is 0. The van der Waals surface area contributed by atoms with Crippen molar-refractivity contribution in [3.8, 4) is 0 Å². The first-order valence-electron chi connectivity index (χ1n) is 5.96. The smallest absolute Gasteiger partial charge is 0.248 e. The van der Waals surface area contributed by atoms with E-state index in [0.717, 1.165) is 6.20 Å². The summed E-state index contributed by atoms with van der Waals surface area (Å²) in [4.78, 5) is 3.76. The summed E-state index contributed by atoms with van der Waals surface area (Å²) >= 11 is 0. The summed E-state index contributed by atoms with van der Waals surface area (Å²) in [6, 6.07) is 1.01. The maximum absolute atomic E-state index is 13.1. The van der Waals surface area contributed by atoms with Gasteiger partial charge < -0.3 is 0 Å². The van der Waals surface area contributed by atoms with E-state index in [-0.39, 0.29) is 24.8 Å². The number of hydrogen-bond acceptors (Lipinski definition) is 3. The lowest BCUT2D eigenvalue weighted by Crippen LogP contribution is -2.37. The Bertz CT molecular complexity index is 401. The van der Waals surface area contributed by atoms with Crippen molar-refractivity contribution in [2.24, 2.45) is 11.8 Å². The molecule has 1 fully saturated rings. The molecular formula is C12H16F3N3. The third-order valence-electron chi connectivity index (χ3n) is 3.50. The van der Waals surface area contributed by atoms with Crippen LogP contribution in [0.3, 0.4) is 0 Å². The van der Waals surface area contributed by atoms with Crippen LogP contribution in [0.4, 0.5) is 13.2 Å². The van der Waals surface area contributed by atoms with Gasteiger partial charge in [-0.1, -0.05) is 0 Å². The molecule has 18 heavy (non-hydrogen) atoms. The highest BCUT2D eigenvalue weighted by molar-refractivity contribution is 5.16. The lowest BCUT2D eigenvalue weighted by molar-refractivity contribution is -0.0498. The van der Waals surface area contributed by atoms with Crippen molar-refractivity contribution in [2.75, 3.05) is 0 Å². The second kappa shape index (κ2) is 5.24. The minimum Gasteiger partial charge on any atom is -0.271 e. The molecule has 0 saturated heterocycles.